The maximum Gasteiger partial charge on any atom is 0.265 e. The lowest BCUT2D eigenvalue weighted by atomic mass is 9.99. The van der Waals surface area contributed by atoms with Crippen LogP contribution in [-0.2, 0) is 22.9 Å². The van der Waals surface area contributed by atoms with Crippen molar-refractivity contribution in [3.63, 3.8) is 0 Å². The Bertz CT molecular complexity index is 891. The maximum atomic E-state index is 12.6. The van der Waals surface area contributed by atoms with E-state index in [9.17, 15) is 13.2 Å². The molecule has 1 heterocycles. The van der Waals surface area contributed by atoms with Crippen LogP contribution < -0.4 is 5.32 Å². The minimum Gasteiger partial charge on any atom is -0.321 e. The van der Waals surface area contributed by atoms with E-state index in [0.29, 0.717) is 16.1 Å². The number of amides is 1. The fourth-order valence-electron chi connectivity index (χ4n) is 2.95. The average molecular weight is 379 g/mol. The van der Waals surface area contributed by atoms with Crippen molar-refractivity contribution >= 4 is 33.0 Å². The SMILES string of the molecule is Cc1ccc(NC(=O)c2cc3c(s2)CCCC3)cc1S(=O)(=O)N(C)C. The largest absolute Gasteiger partial charge is 0.321 e. The number of nitrogens with zero attached hydrogens (tertiary/aromatic N) is 1. The van der Waals surface area contributed by atoms with Gasteiger partial charge >= 0.3 is 0 Å². The number of carbonyl (C=O) groups excluding carboxylic acids is 1. The minimum atomic E-state index is -3.55. The molecule has 0 spiro atoms. The Balaban J connectivity index is 1.86. The highest BCUT2D eigenvalue weighted by Crippen LogP contribution is 2.30. The lowest BCUT2D eigenvalue weighted by Gasteiger charge is -2.15. The topological polar surface area (TPSA) is 66.5 Å². The van der Waals surface area contributed by atoms with Crippen LogP contribution >= 0.6 is 11.3 Å². The summed E-state index contributed by atoms with van der Waals surface area (Å²) in [5.74, 6) is -0.184. The van der Waals surface area contributed by atoms with Crippen molar-refractivity contribution in [3.8, 4) is 0 Å². The number of sulfonamides is 1. The summed E-state index contributed by atoms with van der Waals surface area (Å²) >= 11 is 1.54. The van der Waals surface area contributed by atoms with E-state index in [4.69, 9.17) is 0 Å². The summed E-state index contributed by atoms with van der Waals surface area (Å²) in [6.07, 6.45) is 4.44. The van der Waals surface area contributed by atoms with Gasteiger partial charge in [-0.05, 0) is 61.9 Å². The van der Waals surface area contributed by atoms with Crippen LogP contribution in [-0.4, -0.2) is 32.7 Å². The van der Waals surface area contributed by atoms with Crippen molar-refractivity contribution < 1.29 is 13.2 Å². The summed E-state index contributed by atoms with van der Waals surface area (Å²) in [5.41, 5.74) is 2.42. The average Bonchev–Trinajstić information content (AvgIpc) is 3.00. The van der Waals surface area contributed by atoms with Gasteiger partial charge in [0, 0.05) is 24.7 Å². The molecule has 1 aromatic heterocycles. The molecule has 3 rings (SSSR count). The monoisotopic (exact) mass is 378 g/mol. The lowest BCUT2D eigenvalue weighted by molar-refractivity contribution is 0.103. The molecule has 25 heavy (non-hydrogen) atoms. The van der Waals surface area contributed by atoms with Crippen LogP contribution in [0.2, 0.25) is 0 Å². The third-order valence-electron chi connectivity index (χ3n) is 4.43. The number of hydrogen-bond acceptors (Lipinski definition) is 4. The van der Waals surface area contributed by atoms with Crippen LogP contribution in [0.25, 0.3) is 0 Å². The second-order valence-electron chi connectivity index (χ2n) is 6.49. The van der Waals surface area contributed by atoms with E-state index in [1.807, 2.05) is 6.07 Å². The van der Waals surface area contributed by atoms with Crippen LogP contribution in [0.4, 0.5) is 5.69 Å². The zero-order valence-corrected chi connectivity index (χ0v) is 16.3. The summed E-state index contributed by atoms with van der Waals surface area (Å²) in [6.45, 7) is 1.75. The molecule has 2 aromatic rings. The van der Waals surface area contributed by atoms with Gasteiger partial charge in [0.25, 0.3) is 5.91 Å². The number of nitrogens with one attached hydrogen (secondary N) is 1. The van der Waals surface area contributed by atoms with Crippen LogP contribution in [0.1, 0.15) is 38.5 Å². The molecule has 0 fully saturated rings. The molecule has 0 saturated heterocycles. The Morgan fingerprint density at radius 1 is 1.16 bits per heavy atom. The van der Waals surface area contributed by atoms with E-state index < -0.39 is 10.0 Å². The van der Waals surface area contributed by atoms with Gasteiger partial charge in [0.2, 0.25) is 10.0 Å². The molecule has 0 bridgehead atoms. The minimum absolute atomic E-state index is 0.184. The molecule has 1 aromatic carbocycles. The second-order valence-corrected chi connectivity index (χ2v) is 9.75. The second kappa shape index (κ2) is 6.90. The van der Waals surface area contributed by atoms with Gasteiger partial charge in [0.05, 0.1) is 9.77 Å². The van der Waals surface area contributed by atoms with Gasteiger partial charge in [-0.3, -0.25) is 4.79 Å². The predicted octanol–water partition coefficient (Wildman–Crippen LogP) is 3.44. The van der Waals surface area contributed by atoms with Gasteiger partial charge in [-0.2, -0.15) is 0 Å². The van der Waals surface area contributed by atoms with Crippen LogP contribution in [0, 0.1) is 6.92 Å². The first-order valence-corrected chi connectivity index (χ1v) is 10.5. The van der Waals surface area contributed by atoms with Crippen molar-refractivity contribution in [2.45, 2.75) is 37.5 Å². The summed E-state index contributed by atoms with van der Waals surface area (Å²) in [6, 6.07) is 6.94. The highest BCUT2D eigenvalue weighted by molar-refractivity contribution is 7.89. The van der Waals surface area contributed by atoms with Crippen molar-refractivity contribution in [1.82, 2.24) is 4.31 Å². The molecule has 1 amide bonds. The smallest absolute Gasteiger partial charge is 0.265 e. The number of benzene rings is 1. The molecule has 0 unspecified atom stereocenters. The Labute approximate surface area is 152 Å². The molecule has 0 aliphatic heterocycles. The van der Waals surface area contributed by atoms with E-state index in [-0.39, 0.29) is 10.8 Å². The maximum absolute atomic E-state index is 12.6. The number of carbonyl (C=O) groups is 1. The molecule has 1 aliphatic rings. The van der Waals surface area contributed by atoms with Crippen molar-refractivity contribution in [2.24, 2.45) is 0 Å². The number of aryl methyl sites for hydroxylation is 3. The molecular formula is C18H22N2O3S2. The first-order valence-electron chi connectivity index (χ1n) is 8.25. The first kappa shape index (κ1) is 18.1. The zero-order chi connectivity index (χ0) is 18.2. The molecule has 5 nitrogen and oxygen atoms in total. The number of anilines is 1. The zero-order valence-electron chi connectivity index (χ0n) is 14.6. The first-order chi connectivity index (χ1) is 11.8. The fraction of sp³-hybridized carbons (Fsp3) is 0.389. The third-order valence-corrected chi connectivity index (χ3v) is 7.62. The van der Waals surface area contributed by atoms with Gasteiger partial charge in [-0.15, -0.1) is 11.3 Å². The molecule has 134 valence electrons. The summed E-state index contributed by atoms with van der Waals surface area (Å²) < 4.78 is 26.0. The molecular weight excluding hydrogens is 356 g/mol. The van der Waals surface area contributed by atoms with Gasteiger partial charge in [0.1, 0.15) is 0 Å². The van der Waals surface area contributed by atoms with E-state index in [0.717, 1.165) is 12.8 Å². The Morgan fingerprint density at radius 2 is 1.88 bits per heavy atom. The predicted molar refractivity (Wildman–Crippen MR) is 101 cm³/mol. The van der Waals surface area contributed by atoms with Crippen LogP contribution in [0.3, 0.4) is 0 Å². The normalized spacial score (nSPS) is 14.4. The van der Waals surface area contributed by atoms with Crippen LogP contribution in [0.15, 0.2) is 29.2 Å². The van der Waals surface area contributed by atoms with Crippen molar-refractivity contribution in [2.75, 3.05) is 19.4 Å². The third kappa shape index (κ3) is 3.63. The summed E-state index contributed by atoms with van der Waals surface area (Å²) in [7, 11) is -0.556. The molecule has 0 atom stereocenters. The van der Waals surface area contributed by atoms with Gasteiger partial charge in [-0.1, -0.05) is 6.07 Å². The van der Waals surface area contributed by atoms with E-state index in [1.54, 1.807) is 30.4 Å². The number of thiophene rings is 1. The highest BCUT2D eigenvalue weighted by atomic mass is 32.2. The van der Waals surface area contributed by atoms with E-state index in [1.165, 1.54) is 47.7 Å². The quantitative estimate of drug-likeness (QED) is 0.886. The van der Waals surface area contributed by atoms with E-state index >= 15 is 0 Å². The Hall–Kier alpha value is -1.70. The molecule has 0 saturated carbocycles. The summed E-state index contributed by atoms with van der Waals surface area (Å²) in [5, 5.41) is 2.83. The summed E-state index contributed by atoms with van der Waals surface area (Å²) in [4.78, 5) is 14.7. The Morgan fingerprint density at radius 3 is 2.56 bits per heavy atom. The van der Waals surface area contributed by atoms with Crippen molar-refractivity contribution in [3.05, 3.63) is 45.1 Å². The van der Waals surface area contributed by atoms with Gasteiger partial charge in [-0.25, -0.2) is 12.7 Å². The lowest BCUT2D eigenvalue weighted by Crippen LogP contribution is -2.23. The molecule has 0 radical (unpaired) electrons. The van der Waals surface area contributed by atoms with Crippen molar-refractivity contribution in [1.29, 1.82) is 0 Å². The number of fused-ring (bicyclic) bond motifs is 1. The fourth-order valence-corrected chi connectivity index (χ4v) is 5.24. The number of hydrogen-bond donors (Lipinski definition) is 1. The van der Waals surface area contributed by atoms with Gasteiger partial charge < -0.3 is 5.32 Å². The molecule has 1 aliphatic carbocycles. The number of rotatable bonds is 4. The highest BCUT2D eigenvalue weighted by Gasteiger charge is 2.21. The Kier molecular flexibility index (Phi) is 4.99. The van der Waals surface area contributed by atoms with E-state index in [2.05, 4.69) is 5.32 Å². The van der Waals surface area contributed by atoms with Gasteiger partial charge in [0.15, 0.2) is 0 Å². The van der Waals surface area contributed by atoms with Crippen LogP contribution in [0.5, 0.6) is 0 Å². The standard InChI is InChI=1S/C18H22N2O3S2/c1-12-8-9-14(11-17(12)25(22,23)20(2)3)19-18(21)16-10-13-6-4-5-7-15(13)24-16/h8-11H,4-7H2,1-3H3,(H,19,21). The molecule has 7 heteroatoms. The molecule has 1 N–H and O–H groups in total.